The number of hydrogen-bond acceptors (Lipinski definition) is 4. The molecule has 0 aromatic heterocycles. The molecule has 8 heteroatoms. The van der Waals surface area contributed by atoms with Crippen LogP contribution in [0.3, 0.4) is 0 Å². The van der Waals surface area contributed by atoms with E-state index >= 15 is 0 Å². The van der Waals surface area contributed by atoms with Gasteiger partial charge in [0.25, 0.3) is 0 Å². The number of azide groups is 1. The second-order valence-corrected chi connectivity index (χ2v) is 6.52. The second kappa shape index (κ2) is 26.6. The van der Waals surface area contributed by atoms with Crippen molar-refractivity contribution in [1.29, 1.82) is 0 Å². The number of rotatable bonds is 18. The van der Waals surface area contributed by atoms with E-state index in [0.717, 1.165) is 38.5 Å². The smallest absolute Gasteiger partial charge is 0.550 e. The van der Waals surface area contributed by atoms with Gasteiger partial charge in [0.05, 0.1) is 12.6 Å². The van der Waals surface area contributed by atoms with Crippen LogP contribution in [0.5, 0.6) is 0 Å². The van der Waals surface area contributed by atoms with E-state index in [1.54, 1.807) is 0 Å². The summed E-state index contributed by atoms with van der Waals surface area (Å²) in [6, 6.07) is -0.287. The summed E-state index contributed by atoms with van der Waals surface area (Å²) in [6.07, 6.45) is 21.3. The number of carboxylic acid groups (broad SMARTS) is 1. The molecule has 0 aromatic carbocycles. The number of hydrogen-bond donors (Lipinski definition) is 1. The maximum Gasteiger partial charge on any atom is 1.00 e. The summed E-state index contributed by atoms with van der Waals surface area (Å²) in [7, 11) is 0. The normalized spacial score (nSPS) is 11.6. The molecule has 0 unspecified atom stereocenters. The number of carbonyl (C=O) groups excluding carboxylic acids is 1. The van der Waals surface area contributed by atoms with Gasteiger partial charge in [-0.1, -0.05) is 48.7 Å². The fraction of sp³-hybridized carbons (Fsp3) is 0.750. The Morgan fingerprint density at radius 3 is 1.86 bits per heavy atom. The number of carboxylic acids is 1. The maximum absolute atomic E-state index is 10.2. The first-order chi connectivity index (χ1) is 12.7. The van der Waals surface area contributed by atoms with E-state index in [4.69, 9.17) is 10.6 Å². The molecule has 0 spiro atoms. The standard InChI is InChI=1S/C20H35N3O3.Na.H2S/c21-23-22-19(18-24)16-14-12-10-8-6-4-2-1-3-5-7-9-11-13-15-17-20(25)26;;/h8-11,19,24H,1-7,12-18H2,(H,25,26);;1H2/q;+1;/p-1/b10-8-,11-9-;;/t19-;;/m0../s1. The molecule has 0 saturated heterocycles. The first kappa shape index (κ1) is 32.2. The van der Waals surface area contributed by atoms with Gasteiger partial charge in [-0.3, -0.25) is 0 Å². The Bertz CT molecular complexity index is 456. The molecular weight excluding hydrogens is 385 g/mol. The average molecular weight is 422 g/mol. The summed E-state index contributed by atoms with van der Waals surface area (Å²) >= 11 is 0. The van der Waals surface area contributed by atoms with Crippen molar-refractivity contribution in [2.45, 2.75) is 89.5 Å². The summed E-state index contributed by atoms with van der Waals surface area (Å²) in [5.74, 6) is -0.964. The molecule has 0 aliphatic carbocycles. The van der Waals surface area contributed by atoms with Crippen LogP contribution in [-0.4, -0.2) is 23.7 Å². The number of aliphatic carboxylic acids is 1. The zero-order chi connectivity index (χ0) is 19.3. The second-order valence-electron chi connectivity index (χ2n) is 6.52. The predicted molar refractivity (Wildman–Crippen MR) is 114 cm³/mol. The first-order valence-electron chi connectivity index (χ1n) is 9.85. The number of allylic oxidation sites excluding steroid dienone is 4. The molecule has 0 aliphatic heterocycles. The summed E-state index contributed by atoms with van der Waals surface area (Å²) < 4.78 is 0. The summed E-state index contributed by atoms with van der Waals surface area (Å²) in [5, 5.41) is 22.8. The molecule has 0 fully saturated rings. The van der Waals surface area contributed by atoms with Gasteiger partial charge in [-0.25, -0.2) is 0 Å². The predicted octanol–water partition coefficient (Wildman–Crippen LogP) is 1.71. The molecule has 0 radical (unpaired) electrons. The van der Waals surface area contributed by atoms with Gasteiger partial charge in [-0.2, -0.15) is 13.5 Å². The van der Waals surface area contributed by atoms with Crippen LogP contribution >= 0.6 is 13.5 Å². The summed E-state index contributed by atoms with van der Waals surface area (Å²) in [5.41, 5.74) is 8.33. The molecule has 0 rings (SSSR count). The zero-order valence-electron chi connectivity index (χ0n) is 17.4. The van der Waals surface area contributed by atoms with Crippen molar-refractivity contribution < 1.29 is 44.6 Å². The van der Waals surface area contributed by atoms with E-state index in [9.17, 15) is 9.90 Å². The Morgan fingerprint density at radius 2 is 1.39 bits per heavy atom. The third kappa shape index (κ3) is 25.6. The first-order valence-corrected chi connectivity index (χ1v) is 9.85. The van der Waals surface area contributed by atoms with Crippen LogP contribution in [0.4, 0.5) is 0 Å². The summed E-state index contributed by atoms with van der Waals surface area (Å²) in [4.78, 5) is 13.0. The fourth-order valence-corrected chi connectivity index (χ4v) is 2.62. The van der Waals surface area contributed by atoms with E-state index in [1.807, 2.05) is 0 Å². The molecule has 1 atom stereocenters. The molecule has 0 bridgehead atoms. The minimum atomic E-state index is -0.964. The Balaban J connectivity index is -0.00000312. The van der Waals surface area contributed by atoms with Crippen molar-refractivity contribution in [2.75, 3.05) is 6.61 Å². The molecule has 156 valence electrons. The molecule has 0 heterocycles. The van der Waals surface area contributed by atoms with Crippen LogP contribution < -0.4 is 34.7 Å². The molecule has 28 heavy (non-hydrogen) atoms. The molecule has 1 N–H and O–H groups in total. The van der Waals surface area contributed by atoms with Gasteiger partial charge in [0.2, 0.25) is 0 Å². The van der Waals surface area contributed by atoms with Crippen molar-refractivity contribution in [1.82, 2.24) is 0 Å². The molecule has 0 saturated carbocycles. The Morgan fingerprint density at radius 1 is 0.929 bits per heavy atom. The van der Waals surface area contributed by atoms with Crippen LogP contribution in [0.15, 0.2) is 29.4 Å². The molecule has 0 amide bonds. The van der Waals surface area contributed by atoms with Crippen molar-refractivity contribution in [3.8, 4) is 0 Å². The topological polar surface area (TPSA) is 109 Å². The number of nitrogens with zero attached hydrogens (tertiary/aromatic N) is 3. The van der Waals surface area contributed by atoms with Gasteiger partial charge in [0.15, 0.2) is 0 Å². The Kier molecular flexibility index (Phi) is 30.6. The fourth-order valence-electron chi connectivity index (χ4n) is 2.62. The van der Waals surface area contributed by atoms with Crippen molar-refractivity contribution in [2.24, 2.45) is 5.11 Å². The van der Waals surface area contributed by atoms with Crippen LogP contribution in [0.2, 0.25) is 0 Å². The van der Waals surface area contributed by atoms with Crippen LogP contribution in [0, 0.1) is 0 Å². The van der Waals surface area contributed by atoms with Crippen molar-refractivity contribution in [3.05, 3.63) is 34.7 Å². The van der Waals surface area contributed by atoms with Crippen LogP contribution in [0.1, 0.15) is 83.5 Å². The van der Waals surface area contributed by atoms with Crippen molar-refractivity contribution in [3.63, 3.8) is 0 Å². The number of unbranched alkanes of at least 4 members (excludes halogenated alkanes) is 8. The number of aliphatic hydroxyl groups excluding tert-OH is 1. The zero-order valence-corrected chi connectivity index (χ0v) is 20.4. The summed E-state index contributed by atoms with van der Waals surface area (Å²) in [6.45, 7) is -0.0774. The maximum atomic E-state index is 10.2. The Hall–Kier alpha value is -0.430. The SMILES string of the molecule is S.[N-]=[N+]=N[C@H](CO)CCC/C=C\CCCCCCC/C=C\CCCC(=O)[O-].[Na+]. The van der Waals surface area contributed by atoms with E-state index in [1.165, 1.54) is 32.1 Å². The van der Waals surface area contributed by atoms with E-state index < -0.39 is 5.97 Å². The van der Waals surface area contributed by atoms with Crippen molar-refractivity contribution >= 4 is 19.5 Å². The average Bonchev–Trinajstić information content (AvgIpc) is 2.63. The third-order valence-electron chi connectivity index (χ3n) is 4.16. The van der Waals surface area contributed by atoms with Gasteiger partial charge in [0, 0.05) is 10.9 Å². The third-order valence-corrected chi connectivity index (χ3v) is 4.16. The van der Waals surface area contributed by atoms with Gasteiger partial charge >= 0.3 is 29.6 Å². The largest absolute Gasteiger partial charge is 1.00 e. The van der Waals surface area contributed by atoms with E-state index in [0.29, 0.717) is 6.42 Å². The van der Waals surface area contributed by atoms with Gasteiger partial charge in [-0.15, -0.1) is 0 Å². The minimum absolute atomic E-state index is 0. The van der Waals surface area contributed by atoms with Crippen LogP contribution in [0.25, 0.3) is 10.4 Å². The molecule has 6 nitrogen and oxygen atoms in total. The quantitative estimate of drug-likeness (QED) is 0.0908. The number of aliphatic hydroxyl groups is 1. The van der Waals surface area contributed by atoms with Gasteiger partial charge in [0.1, 0.15) is 0 Å². The Labute approximate surface area is 199 Å². The van der Waals surface area contributed by atoms with E-state index in [-0.39, 0.29) is 62.1 Å². The van der Waals surface area contributed by atoms with Crippen LogP contribution in [-0.2, 0) is 4.79 Å². The molecule has 0 aromatic rings. The number of carbonyl (C=O) groups is 1. The van der Waals surface area contributed by atoms with Gasteiger partial charge in [-0.05, 0) is 69.7 Å². The molecule has 0 aliphatic rings. The monoisotopic (exact) mass is 421 g/mol. The molecular formula is C20H36N3NaO3S. The van der Waals surface area contributed by atoms with Gasteiger partial charge < -0.3 is 15.0 Å². The minimum Gasteiger partial charge on any atom is -0.550 e. The van der Waals surface area contributed by atoms with E-state index in [2.05, 4.69) is 34.3 Å².